The van der Waals surface area contributed by atoms with Crippen LogP contribution in [0.5, 0.6) is 0 Å². The number of hydrogen-bond acceptors (Lipinski definition) is 5. The van der Waals surface area contributed by atoms with Gasteiger partial charge in [-0.05, 0) is 30.5 Å². The zero-order valence-corrected chi connectivity index (χ0v) is 15.3. The van der Waals surface area contributed by atoms with Gasteiger partial charge in [-0.3, -0.25) is 5.32 Å². The Balaban J connectivity index is 0.00000208. The van der Waals surface area contributed by atoms with Gasteiger partial charge in [0, 0.05) is 16.5 Å². The molecule has 6 nitrogen and oxygen atoms in total. The number of nitrogens with zero attached hydrogens (tertiary/aromatic N) is 1. The summed E-state index contributed by atoms with van der Waals surface area (Å²) in [6.45, 7) is 1.94. The van der Waals surface area contributed by atoms with Gasteiger partial charge in [-0.2, -0.15) is 0 Å². The molecule has 0 radical (unpaired) electrons. The zero-order chi connectivity index (χ0) is 16.4. The fraction of sp³-hybridized carbons (Fsp3) is 0.118. The molecule has 1 heterocycles. The molecule has 1 N–H and O–H groups in total. The van der Waals surface area contributed by atoms with E-state index in [4.69, 9.17) is 4.74 Å². The van der Waals surface area contributed by atoms with Crippen molar-refractivity contribution in [2.45, 2.75) is 6.92 Å². The Morgan fingerprint density at radius 3 is 2.58 bits per heavy atom. The number of benzene rings is 2. The van der Waals surface area contributed by atoms with Gasteiger partial charge in [0.2, 0.25) is 0 Å². The number of fused-ring (bicyclic) bond motifs is 3. The van der Waals surface area contributed by atoms with Crippen LogP contribution in [0, 0.1) is 0 Å². The van der Waals surface area contributed by atoms with Crippen LogP contribution in [0.1, 0.15) is 17.4 Å². The van der Waals surface area contributed by atoms with Crippen molar-refractivity contribution in [2.24, 2.45) is 0 Å². The Hall–Kier alpha value is -2.15. The summed E-state index contributed by atoms with van der Waals surface area (Å²) in [6, 6.07) is 12.2. The third-order valence-corrected chi connectivity index (χ3v) is 3.42. The first-order chi connectivity index (χ1) is 11.1. The molecular formula is C17H13N2NaO4. The van der Waals surface area contributed by atoms with Gasteiger partial charge in [-0.25, -0.2) is 9.78 Å². The molecule has 0 saturated heterocycles. The van der Waals surface area contributed by atoms with E-state index in [-0.39, 0.29) is 41.9 Å². The Morgan fingerprint density at radius 2 is 1.88 bits per heavy atom. The number of carbonyl (C=O) groups is 2. The van der Waals surface area contributed by atoms with Gasteiger partial charge < -0.3 is 14.6 Å². The van der Waals surface area contributed by atoms with Crippen LogP contribution in [-0.4, -0.2) is 23.7 Å². The number of nitrogens with one attached hydrogen (secondary N) is 1. The monoisotopic (exact) mass is 332 g/mol. The molecule has 7 heteroatoms. The van der Waals surface area contributed by atoms with E-state index in [0.717, 1.165) is 10.8 Å². The number of carbonyl (C=O) groups excluding carboxylic acids is 2. The maximum absolute atomic E-state index is 11.5. The van der Waals surface area contributed by atoms with E-state index < -0.39 is 12.1 Å². The van der Waals surface area contributed by atoms with Crippen molar-refractivity contribution in [3.63, 3.8) is 0 Å². The maximum atomic E-state index is 11.5. The van der Waals surface area contributed by atoms with Crippen LogP contribution in [0.2, 0.25) is 0 Å². The number of para-hydroxylation sites is 1. The largest absolute Gasteiger partial charge is 1.00 e. The molecule has 0 spiro atoms. The first-order valence-electron chi connectivity index (χ1n) is 7.07. The minimum atomic E-state index is -1.37. The number of aromatic carboxylic acids is 1. The number of carboxylic acid groups (broad SMARTS) is 1. The average molecular weight is 332 g/mol. The van der Waals surface area contributed by atoms with Crippen molar-refractivity contribution >= 4 is 39.4 Å². The van der Waals surface area contributed by atoms with E-state index in [1.165, 1.54) is 0 Å². The summed E-state index contributed by atoms with van der Waals surface area (Å²) in [5.74, 6) is -1.37. The van der Waals surface area contributed by atoms with E-state index >= 15 is 0 Å². The second kappa shape index (κ2) is 7.61. The van der Waals surface area contributed by atoms with Crippen LogP contribution in [0.3, 0.4) is 0 Å². The van der Waals surface area contributed by atoms with Gasteiger partial charge in [-0.1, -0.05) is 24.3 Å². The van der Waals surface area contributed by atoms with Crippen molar-refractivity contribution in [1.82, 2.24) is 4.98 Å². The summed E-state index contributed by atoms with van der Waals surface area (Å²) in [4.78, 5) is 27.1. The Labute approximate surface area is 160 Å². The summed E-state index contributed by atoms with van der Waals surface area (Å²) in [5, 5.41) is 15.9. The molecule has 0 saturated carbocycles. The van der Waals surface area contributed by atoms with Crippen LogP contribution in [0.4, 0.5) is 10.5 Å². The van der Waals surface area contributed by atoms with E-state index in [0.29, 0.717) is 16.6 Å². The molecule has 3 aromatic rings. The molecule has 0 atom stereocenters. The zero-order valence-electron chi connectivity index (χ0n) is 13.3. The van der Waals surface area contributed by atoms with Gasteiger partial charge >= 0.3 is 35.7 Å². The van der Waals surface area contributed by atoms with Crippen molar-refractivity contribution in [3.8, 4) is 0 Å². The predicted octanol–water partition coefficient (Wildman–Crippen LogP) is -0.676. The van der Waals surface area contributed by atoms with Crippen LogP contribution < -0.4 is 40.0 Å². The average Bonchev–Trinajstić information content (AvgIpc) is 2.54. The Morgan fingerprint density at radius 1 is 1.12 bits per heavy atom. The number of hydrogen-bond donors (Lipinski definition) is 1. The number of pyridine rings is 1. The van der Waals surface area contributed by atoms with Crippen LogP contribution in [-0.2, 0) is 4.74 Å². The van der Waals surface area contributed by atoms with E-state index in [9.17, 15) is 14.7 Å². The second-order valence-electron chi connectivity index (χ2n) is 4.87. The van der Waals surface area contributed by atoms with E-state index in [1.54, 1.807) is 37.3 Å². The molecule has 2 aromatic carbocycles. The summed E-state index contributed by atoms with van der Waals surface area (Å²) in [5.41, 5.74) is 0.840. The second-order valence-corrected chi connectivity index (χ2v) is 4.87. The van der Waals surface area contributed by atoms with Gasteiger partial charge in [0.05, 0.1) is 23.8 Å². The fourth-order valence-electron chi connectivity index (χ4n) is 2.47. The molecule has 0 unspecified atom stereocenters. The van der Waals surface area contributed by atoms with Gasteiger partial charge in [0.25, 0.3) is 0 Å². The van der Waals surface area contributed by atoms with Crippen molar-refractivity contribution in [2.75, 3.05) is 11.9 Å². The molecule has 0 aliphatic rings. The SMILES string of the molecule is CCOC(=O)Nc1ccc2c(c1)c(C(=O)[O-])nc1ccccc12.[Na+]. The minimum absolute atomic E-state index is 0. The number of amides is 1. The van der Waals surface area contributed by atoms with Crippen molar-refractivity contribution < 1.29 is 49.0 Å². The smallest absolute Gasteiger partial charge is 0.543 e. The van der Waals surface area contributed by atoms with Crippen molar-refractivity contribution in [3.05, 3.63) is 48.2 Å². The molecule has 0 aliphatic heterocycles. The molecule has 24 heavy (non-hydrogen) atoms. The normalized spacial score (nSPS) is 10.2. The molecule has 0 aliphatic carbocycles. The third kappa shape index (κ3) is 3.51. The third-order valence-electron chi connectivity index (χ3n) is 3.42. The number of carboxylic acids is 1. The summed E-state index contributed by atoms with van der Waals surface area (Å²) < 4.78 is 4.81. The summed E-state index contributed by atoms with van der Waals surface area (Å²) >= 11 is 0. The van der Waals surface area contributed by atoms with Crippen LogP contribution in [0.15, 0.2) is 42.5 Å². The number of rotatable bonds is 3. The summed E-state index contributed by atoms with van der Waals surface area (Å²) in [7, 11) is 0. The standard InChI is InChI=1S/C17H14N2O4.Na/c1-2-23-17(22)18-10-7-8-11-12-5-3-4-6-14(12)19-15(16(20)21)13(11)9-10;/h3-9H,2H2,1H3,(H,18,22)(H,20,21);/q;+1/p-1. The molecular weight excluding hydrogens is 319 g/mol. The van der Waals surface area contributed by atoms with Crippen molar-refractivity contribution in [1.29, 1.82) is 0 Å². The first kappa shape index (κ1) is 18.2. The van der Waals surface area contributed by atoms with Gasteiger partial charge in [0.1, 0.15) is 0 Å². The van der Waals surface area contributed by atoms with E-state index in [2.05, 4.69) is 10.3 Å². The summed E-state index contributed by atoms with van der Waals surface area (Å²) in [6.07, 6.45) is -0.601. The molecule has 1 aromatic heterocycles. The van der Waals surface area contributed by atoms with Gasteiger partial charge in [0.15, 0.2) is 0 Å². The van der Waals surface area contributed by atoms with Crippen LogP contribution in [0.25, 0.3) is 21.7 Å². The Bertz CT molecular complexity index is 927. The number of ether oxygens (including phenoxy) is 1. The molecule has 0 bridgehead atoms. The van der Waals surface area contributed by atoms with E-state index in [1.807, 2.05) is 12.1 Å². The number of anilines is 1. The first-order valence-corrected chi connectivity index (χ1v) is 7.07. The molecule has 0 fully saturated rings. The maximum Gasteiger partial charge on any atom is 1.00 e. The quantitative estimate of drug-likeness (QED) is 0.507. The predicted molar refractivity (Wildman–Crippen MR) is 84.2 cm³/mol. The van der Waals surface area contributed by atoms with Crippen LogP contribution >= 0.6 is 0 Å². The molecule has 3 rings (SSSR count). The molecule has 116 valence electrons. The molecule has 1 amide bonds. The Kier molecular flexibility index (Phi) is 5.77. The fourth-order valence-corrected chi connectivity index (χ4v) is 2.47. The topological polar surface area (TPSA) is 91.3 Å². The minimum Gasteiger partial charge on any atom is -0.543 e. The number of aromatic nitrogens is 1. The van der Waals surface area contributed by atoms with Gasteiger partial charge in [-0.15, -0.1) is 0 Å².